The number of amides is 1. The smallest absolute Gasteiger partial charge is 0.254 e. The van der Waals surface area contributed by atoms with Gasteiger partial charge in [0.2, 0.25) is 0 Å². The standard InChI is InChI=1S/C20H17N3O3/c24-20(15-10-21-19(22-11-15)14-6-2-1-3-7-14)23-12-16-13-25-17-8-4-5-9-18(17)26-16/h1-11,16H,12-13H2,(H,23,24). The second-order valence-corrected chi connectivity index (χ2v) is 5.87. The Morgan fingerprint density at radius 3 is 2.46 bits per heavy atom. The first-order valence-corrected chi connectivity index (χ1v) is 8.34. The van der Waals surface area contributed by atoms with E-state index in [2.05, 4.69) is 15.3 Å². The van der Waals surface area contributed by atoms with Crippen LogP contribution in [0.3, 0.4) is 0 Å². The number of fused-ring (bicyclic) bond motifs is 1. The molecule has 0 radical (unpaired) electrons. The number of rotatable bonds is 4. The lowest BCUT2D eigenvalue weighted by Crippen LogP contribution is -2.40. The molecule has 1 amide bonds. The number of ether oxygens (including phenoxy) is 2. The fourth-order valence-corrected chi connectivity index (χ4v) is 2.65. The van der Waals surface area contributed by atoms with Crippen LogP contribution in [-0.2, 0) is 0 Å². The van der Waals surface area contributed by atoms with Crippen molar-refractivity contribution in [3.05, 3.63) is 72.6 Å². The predicted molar refractivity (Wildman–Crippen MR) is 96.2 cm³/mol. The zero-order chi connectivity index (χ0) is 17.8. The van der Waals surface area contributed by atoms with E-state index in [0.717, 1.165) is 11.3 Å². The average Bonchev–Trinajstić information content (AvgIpc) is 2.72. The largest absolute Gasteiger partial charge is 0.486 e. The molecule has 1 atom stereocenters. The van der Waals surface area contributed by atoms with Gasteiger partial charge in [-0.3, -0.25) is 4.79 Å². The van der Waals surface area contributed by atoms with Gasteiger partial charge in [0.25, 0.3) is 5.91 Å². The van der Waals surface area contributed by atoms with Crippen molar-refractivity contribution in [3.63, 3.8) is 0 Å². The van der Waals surface area contributed by atoms with E-state index in [-0.39, 0.29) is 12.0 Å². The Morgan fingerprint density at radius 1 is 1.00 bits per heavy atom. The minimum atomic E-state index is -0.243. The summed E-state index contributed by atoms with van der Waals surface area (Å²) in [6, 6.07) is 17.1. The first kappa shape index (κ1) is 16.1. The molecular formula is C20H17N3O3. The van der Waals surface area contributed by atoms with E-state index in [4.69, 9.17) is 9.47 Å². The maximum atomic E-state index is 12.3. The zero-order valence-electron chi connectivity index (χ0n) is 14.0. The van der Waals surface area contributed by atoms with Crippen molar-refractivity contribution < 1.29 is 14.3 Å². The maximum Gasteiger partial charge on any atom is 0.254 e. The Hall–Kier alpha value is -3.41. The first-order chi connectivity index (χ1) is 12.8. The lowest BCUT2D eigenvalue weighted by atomic mass is 10.2. The molecule has 0 saturated carbocycles. The van der Waals surface area contributed by atoms with Crippen LogP contribution in [0.5, 0.6) is 11.5 Å². The fourth-order valence-electron chi connectivity index (χ4n) is 2.65. The maximum absolute atomic E-state index is 12.3. The van der Waals surface area contributed by atoms with Crippen LogP contribution in [0.15, 0.2) is 67.0 Å². The zero-order valence-corrected chi connectivity index (χ0v) is 14.0. The fraction of sp³-hybridized carbons (Fsp3) is 0.150. The number of benzene rings is 2. The molecule has 2 aromatic carbocycles. The SMILES string of the molecule is O=C(NCC1COc2ccccc2O1)c1cnc(-c2ccccc2)nc1. The number of aromatic nitrogens is 2. The molecule has 1 N–H and O–H groups in total. The molecule has 0 aliphatic carbocycles. The monoisotopic (exact) mass is 347 g/mol. The Balaban J connectivity index is 1.35. The lowest BCUT2D eigenvalue weighted by Gasteiger charge is -2.26. The molecule has 26 heavy (non-hydrogen) atoms. The van der Waals surface area contributed by atoms with Crippen molar-refractivity contribution in [2.45, 2.75) is 6.10 Å². The quantitative estimate of drug-likeness (QED) is 0.785. The topological polar surface area (TPSA) is 73.3 Å². The summed E-state index contributed by atoms with van der Waals surface area (Å²) < 4.78 is 11.5. The molecule has 1 aliphatic rings. The number of carbonyl (C=O) groups excluding carboxylic acids is 1. The highest BCUT2D eigenvalue weighted by atomic mass is 16.6. The van der Waals surface area contributed by atoms with Crippen molar-refractivity contribution in [2.24, 2.45) is 0 Å². The van der Waals surface area contributed by atoms with Crippen molar-refractivity contribution >= 4 is 5.91 Å². The number of nitrogens with zero attached hydrogens (tertiary/aromatic N) is 2. The summed E-state index contributed by atoms with van der Waals surface area (Å²) >= 11 is 0. The molecule has 0 spiro atoms. The van der Waals surface area contributed by atoms with Gasteiger partial charge in [0.1, 0.15) is 12.7 Å². The van der Waals surface area contributed by atoms with E-state index in [1.54, 1.807) is 0 Å². The molecule has 1 unspecified atom stereocenters. The second kappa shape index (κ2) is 7.23. The molecule has 1 aromatic heterocycles. The van der Waals surface area contributed by atoms with Crippen molar-refractivity contribution in [1.82, 2.24) is 15.3 Å². The number of para-hydroxylation sites is 2. The van der Waals surface area contributed by atoms with E-state index in [0.29, 0.717) is 30.3 Å². The molecule has 130 valence electrons. The van der Waals surface area contributed by atoms with Gasteiger partial charge in [-0.2, -0.15) is 0 Å². The lowest BCUT2D eigenvalue weighted by molar-refractivity contribution is 0.0789. The van der Waals surface area contributed by atoms with Gasteiger partial charge in [-0.15, -0.1) is 0 Å². The number of carbonyl (C=O) groups is 1. The van der Waals surface area contributed by atoms with Crippen molar-refractivity contribution in [2.75, 3.05) is 13.2 Å². The third-order valence-electron chi connectivity index (χ3n) is 4.00. The van der Waals surface area contributed by atoms with Crippen LogP contribution in [0.1, 0.15) is 10.4 Å². The molecule has 2 heterocycles. The number of nitrogens with one attached hydrogen (secondary N) is 1. The van der Waals surface area contributed by atoms with E-state index >= 15 is 0 Å². The van der Waals surface area contributed by atoms with Crippen LogP contribution in [0.25, 0.3) is 11.4 Å². The molecule has 6 nitrogen and oxygen atoms in total. The van der Waals surface area contributed by atoms with Crippen molar-refractivity contribution in [3.8, 4) is 22.9 Å². The average molecular weight is 347 g/mol. The summed E-state index contributed by atoms with van der Waals surface area (Å²) in [5.41, 5.74) is 1.31. The van der Waals surface area contributed by atoms with Crippen LogP contribution >= 0.6 is 0 Å². The molecule has 4 rings (SSSR count). The molecule has 3 aromatic rings. The summed E-state index contributed by atoms with van der Waals surface area (Å²) in [4.78, 5) is 20.8. The minimum absolute atomic E-state index is 0.238. The summed E-state index contributed by atoms with van der Waals surface area (Å²) in [6.07, 6.45) is 2.81. The minimum Gasteiger partial charge on any atom is -0.486 e. The third-order valence-corrected chi connectivity index (χ3v) is 4.00. The Kier molecular flexibility index (Phi) is 4.47. The highest BCUT2D eigenvalue weighted by Crippen LogP contribution is 2.30. The highest BCUT2D eigenvalue weighted by Gasteiger charge is 2.21. The summed E-state index contributed by atoms with van der Waals surface area (Å²) in [5, 5.41) is 2.83. The predicted octanol–water partition coefficient (Wildman–Crippen LogP) is 2.71. The van der Waals surface area contributed by atoms with E-state index in [1.807, 2.05) is 54.6 Å². The van der Waals surface area contributed by atoms with E-state index < -0.39 is 0 Å². The van der Waals surface area contributed by atoms with Gasteiger partial charge >= 0.3 is 0 Å². The Bertz CT molecular complexity index is 898. The Morgan fingerprint density at radius 2 is 1.69 bits per heavy atom. The van der Waals surface area contributed by atoms with Gasteiger partial charge in [-0.05, 0) is 12.1 Å². The molecule has 6 heteroatoms. The first-order valence-electron chi connectivity index (χ1n) is 8.34. The molecular weight excluding hydrogens is 330 g/mol. The number of hydrogen-bond donors (Lipinski definition) is 1. The van der Waals surface area contributed by atoms with Crippen LogP contribution < -0.4 is 14.8 Å². The van der Waals surface area contributed by atoms with Gasteiger partial charge in [-0.1, -0.05) is 42.5 Å². The van der Waals surface area contributed by atoms with Gasteiger partial charge in [-0.25, -0.2) is 9.97 Å². The second-order valence-electron chi connectivity index (χ2n) is 5.87. The van der Waals surface area contributed by atoms with Crippen LogP contribution in [0.2, 0.25) is 0 Å². The molecule has 1 aliphatic heterocycles. The number of hydrogen-bond acceptors (Lipinski definition) is 5. The molecule has 0 bridgehead atoms. The van der Waals surface area contributed by atoms with Crippen molar-refractivity contribution in [1.29, 1.82) is 0 Å². The van der Waals surface area contributed by atoms with E-state index in [9.17, 15) is 4.79 Å². The third kappa shape index (κ3) is 3.49. The highest BCUT2D eigenvalue weighted by molar-refractivity contribution is 5.93. The Labute approximate surface area is 150 Å². The normalized spacial score (nSPS) is 15.3. The van der Waals surface area contributed by atoms with Crippen LogP contribution in [0.4, 0.5) is 0 Å². The van der Waals surface area contributed by atoms with Gasteiger partial charge in [0.05, 0.1) is 12.1 Å². The van der Waals surface area contributed by atoms with Crippen LogP contribution in [-0.4, -0.2) is 35.1 Å². The summed E-state index contributed by atoms with van der Waals surface area (Å²) in [6.45, 7) is 0.730. The van der Waals surface area contributed by atoms with Crippen LogP contribution in [0, 0.1) is 0 Å². The van der Waals surface area contributed by atoms with Gasteiger partial charge in [0.15, 0.2) is 17.3 Å². The van der Waals surface area contributed by atoms with E-state index in [1.165, 1.54) is 12.4 Å². The van der Waals surface area contributed by atoms with Gasteiger partial charge in [0, 0.05) is 18.0 Å². The molecule has 0 fully saturated rings. The summed E-state index contributed by atoms with van der Waals surface area (Å²) in [5.74, 6) is 1.75. The molecule has 0 saturated heterocycles. The van der Waals surface area contributed by atoms with Gasteiger partial charge < -0.3 is 14.8 Å². The summed E-state index contributed by atoms with van der Waals surface area (Å²) in [7, 11) is 0.